The zero-order valence-electron chi connectivity index (χ0n) is 16.3. The van der Waals surface area contributed by atoms with Gasteiger partial charge in [0, 0.05) is 5.56 Å². The third-order valence-corrected chi connectivity index (χ3v) is 4.90. The van der Waals surface area contributed by atoms with Gasteiger partial charge in [0.15, 0.2) is 23.0 Å². The molecule has 28 heavy (non-hydrogen) atoms. The Bertz CT molecular complexity index is 922. The van der Waals surface area contributed by atoms with Crippen LogP contribution in [0.5, 0.6) is 28.7 Å². The van der Waals surface area contributed by atoms with Crippen LogP contribution in [0.4, 0.5) is 0 Å². The molecule has 0 amide bonds. The molecule has 0 saturated carbocycles. The van der Waals surface area contributed by atoms with Crippen molar-refractivity contribution in [2.75, 3.05) is 28.4 Å². The van der Waals surface area contributed by atoms with Crippen molar-refractivity contribution in [2.24, 2.45) is 5.18 Å². The minimum absolute atomic E-state index is 0.00903. The van der Waals surface area contributed by atoms with Crippen molar-refractivity contribution in [3.8, 4) is 28.7 Å². The Balaban J connectivity index is 2.29. The highest BCUT2D eigenvalue weighted by atomic mass is 16.5. The molecule has 0 bridgehead atoms. The predicted molar refractivity (Wildman–Crippen MR) is 106 cm³/mol. The summed E-state index contributed by atoms with van der Waals surface area (Å²) >= 11 is 0. The zero-order chi connectivity index (χ0) is 20.3. The number of hydrogen-bond acceptors (Lipinski definition) is 7. The first-order valence-corrected chi connectivity index (χ1v) is 8.81. The van der Waals surface area contributed by atoms with Crippen LogP contribution in [-0.2, 0) is 6.42 Å². The Morgan fingerprint density at radius 3 is 2.25 bits per heavy atom. The fourth-order valence-corrected chi connectivity index (χ4v) is 3.55. The first-order chi connectivity index (χ1) is 13.6. The van der Waals surface area contributed by atoms with Gasteiger partial charge >= 0.3 is 0 Å². The highest BCUT2D eigenvalue weighted by Crippen LogP contribution is 2.47. The van der Waals surface area contributed by atoms with E-state index in [4.69, 9.17) is 18.9 Å². The van der Waals surface area contributed by atoms with Crippen molar-refractivity contribution in [3.05, 3.63) is 51.9 Å². The maximum atomic E-state index is 11.4. The molecule has 2 aromatic carbocycles. The molecule has 0 aliphatic heterocycles. The minimum Gasteiger partial charge on any atom is -0.504 e. The molecule has 0 heterocycles. The fraction of sp³-hybridized carbons (Fsp3) is 0.333. The van der Waals surface area contributed by atoms with Gasteiger partial charge in [-0.1, -0.05) is 11.2 Å². The maximum absolute atomic E-state index is 11.4. The lowest BCUT2D eigenvalue weighted by Gasteiger charge is -2.20. The van der Waals surface area contributed by atoms with Crippen molar-refractivity contribution in [3.63, 3.8) is 0 Å². The van der Waals surface area contributed by atoms with E-state index in [0.717, 1.165) is 22.3 Å². The smallest absolute Gasteiger partial charge is 0.203 e. The summed E-state index contributed by atoms with van der Waals surface area (Å²) in [6, 6.07) is 6.46. The van der Waals surface area contributed by atoms with Crippen LogP contribution < -0.4 is 18.9 Å². The highest BCUT2D eigenvalue weighted by molar-refractivity contribution is 5.86. The molecule has 3 rings (SSSR count). The van der Waals surface area contributed by atoms with Crippen LogP contribution in [0.3, 0.4) is 0 Å². The second-order valence-corrected chi connectivity index (χ2v) is 6.35. The number of methoxy groups -OCH3 is 4. The predicted octanol–water partition coefficient (Wildman–Crippen LogP) is 3.94. The third-order valence-electron chi connectivity index (χ3n) is 4.90. The summed E-state index contributed by atoms with van der Waals surface area (Å²) in [4.78, 5) is 11.4. The molecule has 0 radical (unpaired) electrons. The summed E-state index contributed by atoms with van der Waals surface area (Å²) in [6.07, 6.45) is 2.93. The van der Waals surface area contributed by atoms with Gasteiger partial charge in [-0.3, -0.25) is 0 Å². The molecule has 2 aromatic rings. The molecule has 0 spiro atoms. The van der Waals surface area contributed by atoms with E-state index in [9.17, 15) is 10.0 Å². The SMILES string of the molecule is COc1ccc(C2=CC(N=O)CCc3c2cc(OC)c(OC)c3OC)cc1O. The highest BCUT2D eigenvalue weighted by Gasteiger charge is 2.27. The van der Waals surface area contributed by atoms with E-state index >= 15 is 0 Å². The summed E-state index contributed by atoms with van der Waals surface area (Å²) < 4.78 is 21.8. The van der Waals surface area contributed by atoms with Gasteiger partial charge in [-0.05, 0) is 53.8 Å². The lowest BCUT2D eigenvalue weighted by atomic mass is 9.92. The Hall–Kier alpha value is -3.22. The molecular weight excluding hydrogens is 362 g/mol. The number of phenols is 1. The van der Waals surface area contributed by atoms with Crippen molar-refractivity contribution in [1.82, 2.24) is 0 Å². The minimum atomic E-state index is -0.506. The van der Waals surface area contributed by atoms with Crippen LogP contribution in [-0.4, -0.2) is 39.6 Å². The van der Waals surface area contributed by atoms with Gasteiger partial charge in [-0.25, -0.2) is 0 Å². The molecular formula is C21H23NO6. The lowest BCUT2D eigenvalue weighted by Crippen LogP contribution is -2.03. The summed E-state index contributed by atoms with van der Waals surface area (Å²) in [5.74, 6) is 1.95. The van der Waals surface area contributed by atoms with Gasteiger partial charge in [0.05, 0.1) is 28.4 Å². The summed E-state index contributed by atoms with van der Waals surface area (Å²) in [6.45, 7) is 0. The topological polar surface area (TPSA) is 86.6 Å². The number of aromatic hydroxyl groups is 1. The third kappa shape index (κ3) is 3.35. The second kappa shape index (κ2) is 8.21. The molecule has 1 aliphatic carbocycles. The van der Waals surface area contributed by atoms with Gasteiger partial charge in [0.25, 0.3) is 0 Å². The van der Waals surface area contributed by atoms with Crippen LogP contribution in [0.15, 0.2) is 35.5 Å². The van der Waals surface area contributed by atoms with Crippen LogP contribution in [0, 0.1) is 4.91 Å². The Kier molecular flexibility index (Phi) is 5.73. The quantitative estimate of drug-likeness (QED) is 0.758. The van der Waals surface area contributed by atoms with Crippen molar-refractivity contribution in [1.29, 1.82) is 0 Å². The van der Waals surface area contributed by atoms with E-state index in [1.54, 1.807) is 33.5 Å². The van der Waals surface area contributed by atoms with Crippen LogP contribution in [0.2, 0.25) is 0 Å². The first-order valence-electron chi connectivity index (χ1n) is 8.81. The van der Waals surface area contributed by atoms with Gasteiger partial charge in [-0.15, -0.1) is 0 Å². The van der Waals surface area contributed by atoms with Crippen molar-refractivity contribution >= 4 is 5.57 Å². The molecule has 1 aliphatic rings. The Morgan fingerprint density at radius 2 is 1.68 bits per heavy atom. The van der Waals surface area contributed by atoms with Gasteiger partial charge in [0.2, 0.25) is 5.75 Å². The van der Waals surface area contributed by atoms with Gasteiger partial charge < -0.3 is 24.1 Å². The van der Waals surface area contributed by atoms with Crippen LogP contribution >= 0.6 is 0 Å². The van der Waals surface area contributed by atoms with Gasteiger partial charge in [0.1, 0.15) is 6.04 Å². The van der Waals surface area contributed by atoms with Gasteiger partial charge in [-0.2, -0.15) is 4.91 Å². The zero-order valence-corrected chi connectivity index (χ0v) is 16.3. The molecule has 7 nitrogen and oxygen atoms in total. The van der Waals surface area contributed by atoms with Crippen LogP contribution in [0.25, 0.3) is 5.57 Å². The standard InChI is InChI=1S/C21H23NO6/c1-25-18-8-5-12(9-17(18)23)15-10-13(22-24)6-7-14-16(15)11-19(26-2)21(28-4)20(14)27-3/h5,8-11,13,23H,6-7H2,1-4H3. The van der Waals surface area contributed by atoms with Crippen LogP contribution in [0.1, 0.15) is 23.1 Å². The molecule has 0 aromatic heterocycles. The first kappa shape index (κ1) is 19.5. The van der Waals surface area contributed by atoms with Crippen molar-refractivity contribution in [2.45, 2.75) is 18.9 Å². The number of rotatable bonds is 6. The summed E-state index contributed by atoms with van der Waals surface area (Å²) in [5, 5.41) is 13.5. The fourth-order valence-electron chi connectivity index (χ4n) is 3.55. The average molecular weight is 385 g/mol. The number of ether oxygens (including phenoxy) is 4. The normalized spacial score (nSPS) is 15.7. The number of fused-ring (bicyclic) bond motifs is 1. The number of phenolic OH excluding ortho intramolecular Hbond substituents is 1. The maximum Gasteiger partial charge on any atom is 0.203 e. The molecule has 148 valence electrons. The second-order valence-electron chi connectivity index (χ2n) is 6.35. The number of benzene rings is 2. The number of nitrogens with zero attached hydrogens (tertiary/aromatic N) is 1. The summed E-state index contributed by atoms with van der Waals surface area (Å²) in [7, 11) is 6.17. The molecule has 1 N–H and O–H groups in total. The molecule has 0 saturated heterocycles. The van der Waals surface area contributed by atoms with E-state index in [-0.39, 0.29) is 5.75 Å². The average Bonchev–Trinajstić information content (AvgIpc) is 2.91. The molecule has 0 fully saturated rings. The van der Waals surface area contributed by atoms with E-state index in [0.29, 0.717) is 35.8 Å². The monoisotopic (exact) mass is 385 g/mol. The largest absolute Gasteiger partial charge is 0.504 e. The van der Waals surface area contributed by atoms with Crippen molar-refractivity contribution < 1.29 is 24.1 Å². The van der Waals surface area contributed by atoms with E-state index in [1.165, 1.54) is 7.11 Å². The number of hydrogen-bond donors (Lipinski definition) is 1. The van der Waals surface area contributed by atoms with E-state index in [1.807, 2.05) is 18.2 Å². The number of nitroso groups, excluding NO2 is 1. The molecule has 1 atom stereocenters. The van der Waals surface area contributed by atoms with E-state index in [2.05, 4.69) is 5.18 Å². The molecule has 7 heteroatoms. The Morgan fingerprint density at radius 1 is 0.964 bits per heavy atom. The van der Waals surface area contributed by atoms with E-state index < -0.39 is 6.04 Å². The Labute approximate surface area is 163 Å². The summed E-state index contributed by atoms with van der Waals surface area (Å²) in [5.41, 5.74) is 3.22. The molecule has 1 unspecified atom stereocenters. The lowest BCUT2D eigenvalue weighted by molar-refractivity contribution is 0.322.